The SMILES string of the molecule is CSc1cccc(NC(=O)[C@@H]2[C@@H]3C=C[C@]4(O3)[C@@H]2C(=O)N(Cc2ccc(C)cc2)[C@H]4C(=O)N[C@@H]2CCC[C@@H](C)[C@H]2C)c1. The molecule has 2 aromatic carbocycles. The standard InChI is InChI=1S/C33H39N3O4S/c1-19-11-13-22(14-12-19)18-36-29(31(38)35-25-10-5-7-20(2)21(25)3)33-16-15-26(40-33)27(28(33)32(36)39)30(37)34-23-8-6-9-24(17-23)41-4/h6,8-9,11-17,20-21,25-29H,5,7,10,18H2,1-4H3,(H,34,37)(H,35,38)/t20-,21-,25-,26+,27-,28+,29+,33+/m1/s1. The van der Waals surface area contributed by atoms with Gasteiger partial charge < -0.3 is 20.3 Å². The third-order valence-corrected chi connectivity index (χ3v) is 10.5. The van der Waals surface area contributed by atoms with Gasteiger partial charge >= 0.3 is 0 Å². The summed E-state index contributed by atoms with van der Waals surface area (Å²) in [6.07, 6.45) is 8.32. The zero-order valence-electron chi connectivity index (χ0n) is 24.1. The maximum Gasteiger partial charge on any atom is 0.246 e. The molecule has 2 N–H and O–H groups in total. The van der Waals surface area contributed by atoms with E-state index in [9.17, 15) is 14.4 Å². The molecule has 1 aliphatic carbocycles. The van der Waals surface area contributed by atoms with Crippen molar-refractivity contribution in [1.82, 2.24) is 10.2 Å². The van der Waals surface area contributed by atoms with Crippen LogP contribution in [0.2, 0.25) is 0 Å². The monoisotopic (exact) mass is 573 g/mol. The predicted molar refractivity (Wildman–Crippen MR) is 160 cm³/mol. The van der Waals surface area contributed by atoms with E-state index in [2.05, 4.69) is 24.5 Å². The summed E-state index contributed by atoms with van der Waals surface area (Å²) in [7, 11) is 0. The first-order valence-corrected chi connectivity index (χ1v) is 15.9. The van der Waals surface area contributed by atoms with Gasteiger partial charge in [-0.3, -0.25) is 14.4 Å². The summed E-state index contributed by atoms with van der Waals surface area (Å²) in [6.45, 7) is 6.73. The molecule has 216 valence electrons. The number of thioether (sulfide) groups is 1. The van der Waals surface area contributed by atoms with Crippen LogP contribution in [0.3, 0.4) is 0 Å². The number of fused-ring (bicyclic) bond motifs is 1. The van der Waals surface area contributed by atoms with Crippen molar-refractivity contribution in [2.24, 2.45) is 23.7 Å². The van der Waals surface area contributed by atoms with Crippen LogP contribution in [0, 0.1) is 30.6 Å². The summed E-state index contributed by atoms with van der Waals surface area (Å²) in [4.78, 5) is 44.9. The van der Waals surface area contributed by atoms with Gasteiger partial charge in [0.15, 0.2) is 0 Å². The molecule has 0 unspecified atom stereocenters. The molecule has 2 bridgehead atoms. The lowest BCUT2D eigenvalue weighted by atomic mass is 9.73. The van der Waals surface area contributed by atoms with Crippen molar-refractivity contribution in [3.63, 3.8) is 0 Å². The Kier molecular flexibility index (Phi) is 7.49. The Labute approximate surface area is 246 Å². The van der Waals surface area contributed by atoms with Crippen LogP contribution >= 0.6 is 11.8 Å². The predicted octanol–water partition coefficient (Wildman–Crippen LogP) is 4.95. The van der Waals surface area contributed by atoms with Gasteiger partial charge in [-0.25, -0.2) is 0 Å². The van der Waals surface area contributed by atoms with Crippen molar-refractivity contribution >= 4 is 35.2 Å². The van der Waals surface area contributed by atoms with E-state index < -0.39 is 29.6 Å². The summed E-state index contributed by atoms with van der Waals surface area (Å²) < 4.78 is 6.53. The van der Waals surface area contributed by atoms with E-state index in [1.54, 1.807) is 16.7 Å². The van der Waals surface area contributed by atoms with Gasteiger partial charge in [-0.05, 0) is 55.2 Å². The normalized spacial score (nSPS) is 33.6. The van der Waals surface area contributed by atoms with Gasteiger partial charge in [0, 0.05) is 23.2 Å². The molecule has 3 aliphatic heterocycles. The molecule has 2 aromatic rings. The van der Waals surface area contributed by atoms with E-state index >= 15 is 0 Å². The van der Waals surface area contributed by atoms with Crippen LogP contribution in [0.25, 0.3) is 0 Å². The summed E-state index contributed by atoms with van der Waals surface area (Å²) >= 11 is 1.60. The average molecular weight is 574 g/mol. The fourth-order valence-electron chi connectivity index (χ4n) is 7.30. The highest BCUT2D eigenvalue weighted by Gasteiger charge is 2.72. The first-order valence-electron chi connectivity index (χ1n) is 14.7. The van der Waals surface area contributed by atoms with Crippen LogP contribution in [0.4, 0.5) is 5.69 Å². The van der Waals surface area contributed by atoms with E-state index in [1.165, 1.54) is 0 Å². The Hall–Kier alpha value is -3.10. The van der Waals surface area contributed by atoms with Crippen LogP contribution in [0.1, 0.15) is 44.2 Å². The van der Waals surface area contributed by atoms with E-state index in [1.807, 2.05) is 73.9 Å². The van der Waals surface area contributed by atoms with E-state index in [4.69, 9.17) is 4.74 Å². The number of nitrogens with one attached hydrogen (secondary N) is 2. The summed E-state index contributed by atoms with van der Waals surface area (Å²) in [6, 6.07) is 14.8. The number of aryl methyl sites for hydroxylation is 1. The molecule has 8 heteroatoms. The zero-order chi connectivity index (χ0) is 28.9. The summed E-state index contributed by atoms with van der Waals surface area (Å²) in [5, 5.41) is 6.35. The van der Waals surface area contributed by atoms with Crippen LogP contribution < -0.4 is 10.6 Å². The van der Waals surface area contributed by atoms with E-state index in [0.29, 0.717) is 17.5 Å². The Morgan fingerprint density at radius 1 is 1.10 bits per heavy atom. The molecule has 6 rings (SSSR count). The molecular weight excluding hydrogens is 534 g/mol. The Morgan fingerprint density at radius 3 is 2.63 bits per heavy atom. The number of ether oxygens (including phenoxy) is 1. The number of anilines is 1. The summed E-state index contributed by atoms with van der Waals surface area (Å²) in [5.41, 5.74) is 1.56. The van der Waals surface area contributed by atoms with Gasteiger partial charge in [0.2, 0.25) is 17.7 Å². The largest absolute Gasteiger partial charge is 0.359 e. The lowest BCUT2D eigenvalue weighted by Crippen LogP contribution is -2.57. The van der Waals surface area contributed by atoms with Crippen molar-refractivity contribution in [3.05, 3.63) is 71.8 Å². The molecule has 1 spiro atoms. The molecule has 3 heterocycles. The van der Waals surface area contributed by atoms with Crippen LogP contribution in [0.15, 0.2) is 65.6 Å². The number of likely N-dealkylation sites (tertiary alicyclic amines) is 1. The van der Waals surface area contributed by atoms with Gasteiger partial charge in [0.05, 0.1) is 17.9 Å². The number of rotatable bonds is 7. The average Bonchev–Trinajstić information content (AvgIpc) is 3.60. The van der Waals surface area contributed by atoms with Gasteiger partial charge in [-0.2, -0.15) is 0 Å². The molecule has 2 saturated heterocycles. The molecule has 3 fully saturated rings. The zero-order valence-corrected chi connectivity index (χ0v) is 24.9. The van der Waals surface area contributed by atoms with Gasteiger partial charge in [0.1, 0.15) is 11.6 Å². The first kappa shape index (κ1) is 28.0. The molecule has 8 atom stereocenters. The molecular formula is C33H39N3O4S. The van der Waals surface area contributed by atoms with Crippen LogP contribution in [0.5, 0.6) is 0 Å². The smallest absolute Gasteiger partial charge is 0.246 e. The second-order valence-electron chi connectivity index (χ2n) is 12.3. The fraction of sp³-hybridized carbons (Fsp3) is 0.485. The van der Waals surface area contributed by atoms with E-state index in [-0.39, 0.29) is 30.3 Å². The number of benzene rings is 2. The minimum absolute atomic E-state index is 0.0448. The first-order chi connectivity index (χ1) is 19.7. The second-order valence-corrected chi connectivity index (χ2v) is 13.1. The Morgan fingerprint density at radius 2 is 1.88 bits per heavy atom. The molecule has 4 aliphatic rings. The maximum absolute atomic E-state index is 14.3. The van der Waals surface area contributed by atoms with Gasteiger partial charge in [-0.15, -0.1) is 11.8 Å². The lowest BCUT2D eigenvalue weighted by Gasteiger charge is -2.38. The number of nitrogens with zero attached hydrogens (tertiary/aromatic N) is 1. The fourth-order valence-corrected chi connectivity index (χ4v) is 7.76. The summed E-state index contributed by atoms with van der Waals surface area (Å²) in [5.74, 6) is -1.30. The maximum atomic E-state index is 14.3. The molecule has 7 nitrogen and oxygen atoms in total. The minimum Gasteiger partial charge on any atom is -0.359 e. The topological polar surface area (TPSA) is 87.7 Å². The number of carbonyl (C=O) groups is 3. The molecule has 3 amide bonds. The van der Waals surface area contributed by atoms with Crippen LogP contribution in [-0.4, -0.2) is 52.7 Å². The quantitative estimate of drug-likeness (QED) is 0.362. The Bertz CT molecular complexity index is 1380. The number of hydrogen-bond acceptors (Lipinski definition) is 5. The van der Waals surface area contributed by atoms with Crippen molar-refractivity contribution < 1.29 is 19.1 Å². The Balaban J connectivity index is 1.32. The number of hydrogen-bond donors (Lipinski definition) is 2. The highest BCUT2D eigenvalue weighted by Crippen LogP contribution is 2.55. The highest BCUT2D eigenvalue weighted by molar-refractivity contribution is 7.98. The highest BCUT2D eigenvalue weighted by atomic mass is 32.2. The van der Waals surface area contributed by atoms with Crippen molar-refractivity contribution in [1.29, 1.82) is 0 Å². The van der Waals surface area contributed by atoms with Crippen LogP contribution in [-0.2, 0) is 25.7 Å². The minimum atomic E-state index is -1.18. The second kappa shape index (κ2) is 11.0. The number of carbonyl (C=O) groups excluding carboxylic acids is 3. The molecule has 41 heavy (non-hydrogen) atoms. The van der Waals surface area contributed by atoms with Crippen molar-refractivity contribution in [3.8, 4) is 0 Å². The lowest BCUT2D eigenvalue weighted by molar-refractivity contribution is -0.142. The molecule has 0 aromatic heterocycles. The van der Waals surface area contributed by atoms with Gasteiger partial charge in [0.25, 0.3) is 0 Å². The van der Waals surface area contributed by atoms with E-state index in [0.717, 1.165) is 35.3 Å². The molecule has 1 saturated carbocycles. The van der Waals surface area contributed by atoms with Crippen molar-refractivity contribution in [2.75, 3.05) is 11.6 Å². The number of amides is 3. The third kappa shape index (κ3) is 4.89. The van der Waals surface area contributed by atoms with Gasteiger partial charge in [-0.1, -0.05) is 74.7 Å². The molecule has 0 radical (unpaired) electrons. The van der Waals surface area contributed by atoms with Crippen molar-refractivity contribution in [2.45, 2.75) is 75.3 Å². The third-order valence-electron chi connectivity index (χ3n) is 9.77.